The van der Waals surface area contributed by atoms with Gasteiger partial charge >= 0.3 is 0 Å². The van der Waals surface area contributed by atoms with E-state index >= 15 is 4.79 Å². The third kappa shape index (κ3) is 6.75. The number of aromatic nitrogens is 3. The fraction of sp³-hybridized carbons (Fsp3) is 0.293. The Bertz CT molecular complexity index is 2110. The number of carbonyl (C=O) groups excluding carboxylic acids is 3. The van der Waals surface area contributed by atoms with E-state index in [9.17, 15) is 19.5 Å². The maximum absolute atomic E-state index is 15.1. The van der Waals surface area contributed by atoms with Crippen LogP contribution in [0.5, 0.6) is 0 Å². The molecule has 5 aromatic rings. The molecule has 2 aliphatic rings. The van der Waals surface area contributed by atoms with Crippen LogP contribution < -0.4 is 14.7 Å². The van der Waals surface area contributed by atoms with Crippen LogP contribution in [-0.2, 0) is 44.2 Å². The van der Waals surface area contributed by atoms with Crippen molar-refractivity contribution in [1.29, 1.82) is 0 Å². The third-order valence-electron chi connectivity index (χ3n) is 10.7. The van der Waals surface area contributed by atoms with Gasteiger partial charge in [-0.15, -0.1) is 5.10 Å². The van der Waals surface area contributed by atoms with E-state index in [1.165, 1.54) is 0 Å². The second kappa shape index (κ2) is 15.1. The molecule has 2 N–H and O–H groups in total. The molecular formula is C41H44N6O6Si. The van der Waals surface area contributed by atoms with E-state index in [-0.39, 0.29) is 24.6 Å². The molecule has 12 nitrogen and oxygen atoms in total. The van der Waals surface area contributed by atoms with Crippen molar-refractivity contribution in [1.82, 2.24) is 15.0 Å². The summed E-state index contributed by atoms with van der Waals surface area (Å²) in [5.74, 6) is -0.656. The van der Waals surface area contributed by atoms with Crippen LogP contribution in [0, 0.1) is 5.92 Å². The number of aliphatic hydroxyl groups excluding tert-OH is 1. The van der Waals surface area contributed by atoms with Crippen LogP contribution in [-0.4, -0.2) is 64.7 Å². The first-order valence-electron chi connectivity index (χ1n) is 18.1. The maximum Gasteiger partial charge on any atom is 0.264 e. The molecule has 2 aliphatic heterocycles. The number of ether oxygens (including phenoxy) is 1. The summed E-state index contributed by atoms with van der Waals surface area (Å²) in [7, 11) is -2.95. The second-order valence-electron chi connectivity index (χ2n) is 14.5. The van der Waals surface area contributed by atoms with Gasteiger partial charge in [0.2, 0.25) is 12.8 Å². The zero-order valence-corrected chi connectivity index (χ0v) is 31.5. The minimum atomic E-state index is -2.95. The molecule has 0 unspecified atom stereocenters. The van der Waals surface area contributed by atoms with E-state index in [0.29, 0.717) is 53.4 Å². The highest BCUT2D eigenvalue weighted by Crippen LogP contribution is 2.60. The molecule has 13 heteroatoms. The molecule has 1 spiro atoms. The number of rotatable bonds is 14. The van der Waals surface area contributed by atoms with Gasteiger partial charge in [-0.1, -0.05) is 60.7 Å². The molecule has 4 aromatic carbocycles. The summed E-state index contributed by atoms with van der Waals surface area (Å²) in [6.45, 7) is 6.40. The number of aryl methyl sites for hydroxylation is 1. The van der Waals surface area contributed by atoms with Crippen molar-refractivity contribution < 1.29 is 29.0 Å². The number of carbonyl (C=O) groups is 3. The molecule has 1 fully saturated rings. The Hall–Kier alpha value is -5.47. The molecule has 0 aliphatic carbocycles. The van der Waals surface area contributed by atoms with Crippen LogP contribution in [0.15, 0.2) is 109 Å². The van der Waals surface area contributed by atoms with Gasteiger partial charge < -0.3 is 19.5 Å². The van der Waals surface area contributed by atoms with Gasteiger partial charge in [0.15, 0.2) is 13.9 Å². The van der Waals surface area contributed by atoms with Crippen molar-refractivity contribution >= 4 is 55.5 Å². The van der Waals surface area contributed by atoms with E-state index in [1.54, 1.807) is 25.6 Å². The highest BCUT2D eigenvalue weighted by Gasteiger charge is 2.66. The average Bonchev–Trinajstić information content (AvgIpc) is 3.82. The number of fused-ring (bicyclic) bond motifs is 2. The number of hydrogen-bond acceptors (Lipinski definition) is 8. The number of hydrogen-bond donors (Lipinski definition) is 2. The van der Waals surface area contributed by atoms with Gasteiger partial charge in [-0.25, -0.2) is 0 Å². The van der Waals surface area contributed by atoms with Gasteiger partial charge in [0.25, 0.3) is 5.91 Å². The number of para-hydroxylation sites is 2. The molecule has 1 saturated heterocycles. The number of aliphatic hydroxyl groups is 1. The Kier molecular flexibility index (Phi) is 10.3. The van der Waals surface area contributed by atoms with Crippen molar-refractivity contribution in [3.63, 3.8) is 0 Å². The minimum absolute atomic E-state index is 0.0301. The molecule has 0 saturated carbocycles. The summed E-state index contributed by atoms with van der Waals surface area (Å²) in [5.41, 5.74) is 3.76. The molecule has 7 rings (SSSR count). The molecule has 1 aromatic heterocycles. The monoisotopic (exact) mass is 744 g/mol. The molecule has 0 radical (unpaired) electrons. The van der Waals surface area contributed by atoms with Gasteiger partial charge in [0.05, 0.1) is 24.0 Å². The average molecular weight is 745 g/mol. The summed E-state index contributed by atoms with van der Waals surface area (Å²) in [6.07, 6.45) is 3.71. The molecule has 278 valence electrons. The van der Waals surface area contributed by atoms with E-state index in [1.807, 2.05) is 123 Å². The third-order valence-corrected chi connectivity index (χ3v) is 13.2. The fourth-order valence-electron chi connectivity index (χ4n) is 8.24. The van der Waals surface area contributed by atoms with E-state index < -0.39 is 25.9 Å². The largest absolute Gasteiger partial charge is 0.432 e. The normalized spacial score (nSPS) is 20.6. The first-order chi connectivity index (χ1) is 26.1. The minimum Gasteiger partial charge on any atom is -0.432 e. The first kappa shape index (κ1) is 36.9. The lowest BCUT2D eigenvalue weighted by Crippen LogP contribution is -2.46. The lowest BCUT2D eigenvalue weighted by molar-refractivity contribution is -0.146. The van der Waals surface area contributed by atoms with Crippen LogP contribution >= 0.6 is 0 Å². The smallest absolute Gasteiger partial charge is 0.264 e. The Labute approximate surface area is 315 Å². The molecule has 3 heterocycles. The zero-order valence-electron chi connectivity index (χ0n) is 30.5. The quantitative estimate of drug-likeness (QED) is 0.107. The van der Waals surface area contributed by atoms with E-state index in [2.05, 4.69) is 10.3 Å². The lowest BCUT2D eigenvalue weighted by Gasteiger charge is -2.32. The van der Waals surface area contributed by atoms with Gasteiger partial charge in [0.1, 0.15) is 0 Å². The van der Waals surface area contributed by atoms with Gasteiger partial charge in [-0.05, 0) is 79.7 Å². The first-order valence-corrected chi connectivity index (χ1v) is 21.2. The van der Waals surface area contributed by atoms with Gasteiger partial charge in [-0.3, -0.25) is 28.9 Å². The summed E-state index contributed by atoms with van der Waals surface area (Å²) in [5, 5.41) is 17.7. The Morgan fingerprint density at radius 2 is 1.46 bits per heavy atom. The van der Waals surface area contributed by atoms with Crippen molar-refractivity contribution in [2.75, 3.05) is 21.3 Å². The highest BCUT2D eigenvalue weighted by molar-refractivity contribution is 6.71. The summed E-state index contributed by atoms with van der Waals surface area (Å²) < 4.78 is 8.77. The number of amides is 3. The van der Waals surface area contributed by atoms with Gasteiger partial charge in [0, 0.05) is 65.5 Å². The van der Waals surface area contributed by atoms with Crippen molar-refractivity contribution in [3.05, 3.63) is 126 Å². The zero-order chi connectivity index (χ0) is 38.0. The number of nitrogens with zero attached hydrogens (tertiary/aromatic N) is 6. The van der Waals surface area contributed by atoms with Crippen molar-refractivity contribution in [3.8, 4) is 0 Å². The van der Waals surface area contributed by atoms with E-state index in [0.717, 1.165) is 24.1 Å². The summed E-state index contributed by atoms with van der Waals surface area (Å²) in [6, 6.07) is 31.8. The van der Waals surface area contributed by atoms with Crippen LogP contribution in [0.4, 0.5) is 28.4 Å². The molecular weight excluding hydrogens is 701 g/mol. The molecule has 0 bridgehead atoms. The highest BCUT2D eigenvalue weighted by atomic mass is 28.4. The van der Waals surface area contributed by atoms with Crippen molar-refractivity contribution in [2.24, 2.45) is 5.92 Å². The lowest BCUT2D eigenvalue weighted by atomic mass is 9.82. The number of anilines is 5. The maximum atomic E-state index is 15.1. The SMILES string of the molecule is C[C@@H]1[C@@H]([Si](C)(C)O)[C@H](CCn2cc(CCO)nn2)O[C@@]12C(=O)N(Cc1ccc(N(C=O)c3ccccc3)cc1)c1ccc(N(C=O)c3ccccc3)cc12. The van der Waals surface area contributed by atoms with E-state index in [4.69, 9.17) is 4.74 Å². The van der Waals surface area contributed by atoms with Crippen LogP contribution in [0.1, 0.15) is 30.2 Å². The molecule has 4 atom stereocenters. The predicted octanol–water partition coefficient (Wildman–Crippen LogP) is 5.84. The van der Waals surface area contributed by atoms with Crippen LogP contribution in [0.2, 0.25) is 18.6 Å². The Morgan fingerprint density at radius 3 is 2.06 bits per heavy atom. The Morgan fingerprint density at radius 1 is 0.870 bits per heavy atom. The fourth-order valence-corrected chi connectivity index (χ4v) is 10.8. The summed E-state index contributed by atoms with van der Waals surface area (Å²) in [4.78, 5) is 56.4. The second-order valence-corrected chi connectivity index (χ2v) is 18.5. The van der Waals surface area contributed by atoms with Gasteiger partial charge in [-0.2, -0.15) is 0 Å². The molecule has 3 amide bonds. The Balaban J connectivity index is 1.27. The standard InChI is InChI=1S/C41H44N6O6Si/c1-29-39(54(2,3)52)38(20-22-44-26-31(21-23-48)42-43-44)53-41(29)36-24-35(47(28-50)33-12-8-5-9-13-33)18-19-37(36)45(40(41)51)25-30-14-16-34(17-15-30)46(27-49)32-10-6-4-7-11-32/h4-19,24,26-29,38-39,48,52H,20-23,25H2,1-3H3/t29-,38+,39-,41+/m1/s1. The predicted molar refractivity (Wildman–Crippen MR) is 208 cm³/mol. The number of benzene rings is 4. The van der Waals surface area contributed by atoms with Crippen LogP contribution in [0.25, 0.3) is 0 Å². The van der Waals surface area contributed by atoms with Crippen molar-refractivity contribution in [2.45, 2.75) is 63.2 Å². The topological polar surface area (TPSA) is 141 Å². The molecule has 54 heavy (non-hydrogen) atoms. The summed E-state index contributed by atoms with van der Waals surface area (Å²) >= 11 is 0. The van der Waals surface area contributed by atoms with Crippen LogP contribution in [0.3, 0.4) is 0 Å².